The monoisotopic (exact) mass is 1010 g/mol. The summed E-state index contributed by atoms with van der Waals surface area (Å²) in [6.45, 7) is 3.68. The van der Waals surface area contributed by atoms with Gasteiger partial charge in [0.25, 0.3) is 0 Å². The predicted octanol–water partition coefficient (Wildman–Crippen LogP) is 13.0. The zero-order valence-electron chi connectivity index (χ0n) is 44.2. The number of ether oxygens (including phenoxy) is 5. The Kier molecular flexibility index (Phi) is 31.4. The molecular weight excluding hydrogens is 923 g/mol. The number of aliphatic hydroxyl groups excluding tert-OH is 2. The van der Waals surface area contributed by atoms with E-state index in [1.165, 1.54) is 109 Å². The fraction of sp³-hybridized carbons (Fsp3) is 0.607. The van der Waals surface area contributed by atoms with E-state index >= 15 is 0 Å². The number of carbonyl (C=O) groups excluding carboxylic acids is 4. The summed E-state index contributed by atoms with van der Waals surface area (Å²) >= 11 is 0. The number of allylic oxidation sites excluding steroid dienone is 1. The maximum absolute atomic E-state index is 13.9. The molecule has 0 unspecified atom stereocenters. The van der Waals surface area contributed by atoms with E-state index in [2.05, 4.69) is 19.2 Å². The standard InChI is InChI=1S/C61H89NO11/c1-3-5-7-9-11-13-15-17-19-21-23-25-36-44-52(71-59(67)49-40-32-28-33-41-49)51(62-54(63)45-37-26-24-22-20-18-16-14-12-10-8-6-4-2)46-70-61-57(73-60(68)50-42-34-29-35-43-50)56(65)55(64)53(72-61)47-69-58(66)48-38-30-27-31-39-48/h27-36,38-44,51-53,55-57,61,64-65H,3-26,37,45-47H2,1-2H3,(H,62,63)/b44-36+/t51-,52+,53+,55-,56-,57+,61+/m0/s1. The molecule has 1 saturated heterocycles. The van der Waals surface area contributed by atoms with Crippen LogP contribution < -0.4 is 5.32 Å². The van der Waals surface area contributed by atoms with Gasteiger partial charge in [0.15, 0.2) is 12.4 Å². The molecule has 4 rings (SSSR count). The van der Waals surface area contributed by atoms with Crippen LogP contribution in [-0.2, 0) is 28.5 Å². The van der Waals surface area contributed by atoms with Crippen LogP contribution in [0.3, 0.4) is 0 Å². The minimum atomic E-state index is -1.74. The van der Waals surface area contributed by atoms with Crippen LogP contribution in [0.15, 0.2) is 103 Å². The van der Waals surface area contributed by atoms with Crippen LogP contribution in [0, 0.1) is 0 Å². The number of nitrogens with one attached hydrogen (secondary N) is 1. The van der Waals surface area contributed by atoms with Crippen molar-refractivity contribution in [3.63, 3.8) is 0 Å². The Balaban J connectivity index is 1.49. The van der Waals surface area contributed by atoms with Crippen molar-refractivity contribution in [2.24, 2.45) is 0 Å². The third-order valence-corrected chi connectivity index (χ3v) is 13.5. The normalized spacial score (nSPS) is 18.5. The van der Waals surface area contributed by atoms with E-state index < -0.39 is 67.4 Å². The summed E-state index contributed by atoms with van der Waals surface area (Å²) in [4.78, 5) is 54.0. The van der Waals surface area contributed by atoms with E-state index in [1.807, 2.05) is 12.1 Å². The molecule has 0 aliphatic carbocycles. The van der Waals surface area contributed by atoms with Crippen molar-refractivity contribution in [2.45, 2.75) is 224 Å². The molecule has 1 aliphatic heterocycles. The fourth-order valence-electron chi connectivity index (χ4n) is 9.06. The summed E-state index contributed by atoms with van der Waals surface area (Å²) in [5.41, 5.74) is 0.801. The number of hydrogen-bond acceptors (Lipinski definition) is 11. The number of benzene rings is 3. The average Bonchev–Trinajstić information content (AvgIpc) is 3.41. The lowest BCUT2D eigenvalue weighted by Crippen LogP contribution is -2.61. The molecule has 1 aliphatic rings. The van der Waals surface area contributed by atoms with Crippen molar-refractivity contribution >= 4 is 23.8 Å². The molecule has 3 aromatic rings. The zero-order valence-corrected chi connectivity index (χ0v) is 44.2. The summed E-state index contributed by atoms with van der Waals surface area (Å²) in [7, 11) is 0. The molecule has 0 spiro atoms. The number of hydrogen-bond donors (Lipinski definition) is 3. The van der Waals surface area contributed by atoms with Crippen LogP contribution in [0.1, 0.15) is 212 Å². The zero-order chi connectivity index (χ0) is 52.1. The van der Waals surface area contributed by atoms with Crippen LogP contribution >= 0.6 is 0 Å². The smallest absolute Gasteiger partial charge is 0.338 e. The Hall–Kier alpha value is -4.88. The molecule has 404 valence electrons. The van der Waals surface area contributed by atoms with E-state index in [0.29, 0.717) is 12.0 Å². The van der Waals surface area contributed by atoms with Gasteiger partial charge < -0.3 is 39.2 Å². The molecule has 1 fully saturated rings. The average molecular weight is 1010 g/mol. The first-order valence-electron chi connectivity index (χ1n) is 28.0. The van der Waals surface area contributed by atoms with Gasteiger partial charge in [0, 0.05) is 6.42 Å². The second-order valence-corrected chi connectivity index (χ2v) is 19.7. The van der Waals surface area contributed by atoms with Crippen LogP contribution in [-0.4, -0.2) is 90.1 Å². The van der Waals surface area contributed by atoms with Gasteiger partial charge in [0.05, 0.1) is 29.3 Å². The second kappa shape index (κ2) is 37.8. The SMILES string of the molecule is CCCCCCCCCCCCC/C=C/[C@@H](OC(=O)c1ccccc1)[C@H](CO[C@@H]1O[C@H](COC(=O)c2ccccc2)[C@H](O)[C@H](O)[C@H]1OC(=O)c1ccccc1)NC(=O)CCCCCCCCCCCCCCC. The highest BCUT2D eigenvalue weighted by Crippen LogP contribution is 2.27. The highest BCUT2D eigenvalue weighted by Gasteiger charge is 2.48. The van der Waals surface area contributed by atoms with Crippen molar-refractivity contribution in [3.8, 4) is 0 Å². The summed E-state index contributed by atoms with van der Waals surface area (Å²) in [5.74, 6) is -2.32. The highest BCUT2D eigenvalue weighted by atomic mass is 16.7. The van der Waals surface area contributed by atoms with E-state index in [0.717, 1.165) is 44.9 Å². The third-order valence-electron chi connectivity index (χ3n) is 13.5. The van der Waals surface area contributed by atoms with Crippen LogP contribution in [0.25, 0.3) is 0 Å². The Labute approximate surface area is 437 Å². The van der Waals surface area contributed by atoms with E-state index in [-0.39, 0.29) is 30.1 Å². The molecule has 3 aromatic carbocycles. The number of unbranched alkanes of at least 4 members (excludes halogenated alkanes) is 23. The Bertz CT molecular complexity index is 1940. The summed E-state index contributed by atoms with van der Waals surface area (Å²) < 4.78 is 30.1. The molecule has 12 heteroatoms. The van der Waals surface area contributed by atoms with Crippen molar-refractivity contribution in [1.29, 1.82) is 0 Å². The Morgan fingerprint density at radius 1 is 0.562 bits per heavy atom. The molecule has 0 aromatic heterocycles. The maximum atomic E-state index is 13.9. The Morgan fingerprint density at radius 2 is 1.00 bits per heavy atom. The van der Waals surface area contributed by atoms with Crippen LogP contribution in [0.5, 0.6) is 0 Å². The largest absolute Gasteiger partial charge is 0.459 e. The molecule has 0 bridgehead atoms. The number of rotatable bonds is 39. The van der Waals surface area contributed by atoms with Crippen molar-refractivity contribution in [3.05, 3.63) is 120 Å². The van der Waals surface area contributed by atoms with Crippen molar-refractivity contribution < 1.29 is 53.1 Å². The quantitative estimate of drug-likeness (QED) is 0.0215. The number of esters is 3. The van der Waals surface area contributed by atoms with Gasteiger partial charge in [-0.15, -0.1) is 0 Å². The Morgan fingerprint density at radius 3 is 1.49 bits per heavy atom. The number of carbonyl (C=O) groups is 4. The predicted molar refractivity (Wildman–Crippen MR) is 287 cm³/mol. The molecule has 12 nitrogen and oxygen atoms in total. The van der Waals surface area contributed by atoms with E-state index in [1.54, 1.807) is 91.0 Å². The van der Waals surface area contributed by atoms with Crippen LogP contribution in [0.4, 0.5) is 0 Å². The van der Waals surface area contributed by atoms with Crippen LogP contribution in [0.2, 0.25) is 0 Å². The summed E-state index contributed by atoms with van der Waals surface area (Å²) in [6, 6.07) is 24.1. The number of aliphatic hydroxyl groups is 2. The van der Waals surface area contributed by atoms with E-state index in [4.69, 9.17) is 23.7 Å². The maximum Gasteiger partial charge on any atom is 0.338 e. The van der Waals surface area contributed by atoms with Gasteiger partial charge in [0.1, 0.15) is 31.0 Å². The molecular formula is C61H89NO11. The van der Waals surface area contributed by atoms with Gasteiger partial charge in [0.2, 0.25) is 5.91 Å². The third kappa shape index (κ3) is 24.8. The first-order valence-corrected chi connectivity index (χ1v) is 28.0. The van der Waals surface area contributed by atoms with Gasteiger partial charge in [-0.1, -0.05) is 216 Å². The molecule has 3 N–H and O–H groups in total. The first kappa shape index (κ1) is 60.7. The van der Waals surface area contributed by atoms with Crippen molar-refractivity contribution in [1.82, 2.24) is 5.32 Å². The summed E-state index contributed by atoms with van der Waals surface area (Å²) in [5, 5.41) is 26.0. The lowest BCUT2D eigenvalue weighted by Gasteiger charge is -2.42. The minimum absolute atomic E-state index is 0.191. The molecule has 0 saturated carbocycles. The van der Waals surface area contributed by atoms with Crippen molar-refractivity contribution in [2.75, 3.05) is 13.2 Å². The fourth-order valence-corrected chi connectivity index (χ4v) is 9.06. The number of amides is 1. The lowest BCUT2D eigenvalue weighted by molar-refractivity contribution is -0.301. The molecule has 7 atom stereocenters. The molecule has 73 heavy (non-hydrogen) atoms. The van der Waals surface area contributed by atoms with Gasteiger partial charge in [-0.2, -0.15) is 0 Å². The van der Waals surface area contributed by atoms with E-state index in [9.17, 15) is 29.4 Å². The highest BCUT2D eigenvalue weighted by molar-refractivity contribution is 5.90. The van der Waals surface area contributed by atoms with Gasteiger partial charge in [-0.25, -0.2) is 14.4 Å². The topological polar surface area (TPSA) is 167 Å². The van der Waals surface area contributed by atoms with Gasteiger partial charge >= 0.3 is 17.9 Å². The first-order chi connectivity index (χ1) is 35.7. The van der Waals surface area contributed by atoms with Gasteiger partial charge in [-0.05, 0) is 61.7 Å². The summed E-state index contributed by atoms with van der Waals surface area (Å²) in [6.07, 6.45) is 24.6. The van der Waals surface area contributed by atoms with Gasteiger partial charge in [-0.3, -0.25) is 4.79 Å². The second-order valence-electron chi connectivity index (χ2n) is 19.7. The minimum Gasteiger partial charge on any atom is -0.459 e. The molecule has 1 heterocycles. The molecule has 0 radical (unpaired) electrons. The molecule has 1 amide bonds. The lowest BCUT2D eigenvalue weighted by atomic mass is 9.98.